The third-order valence-electron chi connectivity index (χ3n) is 3.00. The number of rotatable bonds is 3. The molecule has 0 fully saturated rings. The summed E-state index contributed by atoms with van der Waals surface area (Å²) < 4.78 is 5.36. The molecule has 0 aliphatic heterocycles. The molecule has 0 saturated carbocycles. The molecule has 94 valence electrons. The summed E-state index contributed by atoms with van der Waals surface area (Å²) in [6, 6.07) is 9.83. The zero-order valence-corrected chi connectivity index (χ0v) is 10.9. The number of methoxy groups -OCH3 is 1. The molecule has 0 bridgehead atoms. The molecule has 2 rings (SSSR count). The minimum Gasteiger partial charge on any atom is -0.496 e. The first-order valence-corrected chi connectivity index (χ1v) is 5.88. The standard InChI is InChI=1S/C15H17NO2/c1-10-4-7-15(18-3)13(8-10)14-6-5-12(9-17)11(2)16-14/h4-8,17H,9H2,1-3H3. The van der Waals surface area contributed by atoms with Crippen LogP contribution >= 0.6 is 0 Å². The minimum atomic E-state index is 0.0179. The van der Waals surface area contributed by atoms with Gasteiger partial charge in [0.05, 0.1) is 19.4 Å². The van der Waals surface area contributed by atoms with Crippen molar-refractivity contribution in [1.82, 2.24) is 4.98 Å². The average Bonchev–Trinajstić information content (AvgIpc) is 2.38. The van der Waals surface area contributed by atoms with E-state index in [1.165, 1.54) is 0 Å². The Balaban J connectivity index is 2.54. The lowest BCUT2D eigenvalue weighted by molar-refractivity contribution is 0.280. The van der Waals surface area contributed by atoms with Crippen molar-refractivity contribution < 1.29 is 9.84 Å². The van der Waals surface area contributed by atoms with Crippen molar-refractivity contribution in [1.29, 1.82) is 0 Å². The first kappa shape index (κ1) is 12.6. The molecule has 18 heavy (non-hydrogen) atoms. The van der Waals surface area contributed by atoms with Crippen molar-refractivity contribution in [2.75, 3.05) is 7.11 Å². The highest BCUT2D eigenvalue weighted by atomic mass is 16.5. The lowest BCUT2D eigenvalue weighted by atomic mass is 10.1. The van der Waals surface area contributed by atoms with Gasteiger partial charge in [0.15, 0.2) is 0 Å². The maximum Gasteiger partial charge on any atom is 0.128 e. The van der Waals surface area contributed by atoms with Crippen molar-refractivity contribution in [2.24, 2.45) is 0 Å². The van der Waals surface area contributed by atoms with Crippen LogP contribution in [-0.4, -0.2) is 17.2 Å². The molecule has 0 amide bonds. The van der Waals surface area contributed by atoms with Gasteiger partial charge in [-0.1, -0.05) is 17.7 Å². The van der Waals surface area contributed by atoms with Crippen molar-refractivity contribution >= 4 is 0 Å². The van der Waals surface area contributed by atoms with Crippen LogP contribution in [0.2, 0.25) is 0 Å². The summed E-state index contributed by atoms with van der Waals surface area (Å²) in [5, 5.41) is 9.16. The summed E-state index contributed by atoms with van der Waals surface area (Å²) in [4.78, 5) is 4.52. The summed E-state index contributed by atoms with van der Waals surface area (Å²) in [5.41, 5.74) is 4.70. The van der Waals surface area contributed by atoms with Crippen LogP contribution in [0.25, 0.3) is 11.3 Å². The van der Waals surface area contributed by atoms with Crippen LogP contribution in [-0.2, 0) is 6.61 Å². The maximum absolute atomic E-state index is 9.16. The average molecular weight is 243 g/mol. The van der Waals surface area contributed by atoms with E-state index in [1.807, 2.05) is 38.1 Å². The van der Waals surface area contributed by atoms with E-state index in [0.29, 0.717) is 0 Å². The Kier molecular flexibility index (Phi) is 3.63. The van der Waals surface area contributed by atoms with Crippen LogP contribution in [0.3, 0.4) is 0 Å². The highest BCUT2D eigenvalue weighted by Gasteiger charge is 2.09. The zero-order chi connectivity index (χ0) is 13.1. The molecule has 3 heteroatoms. The number of benzene rings is 1. The second-order valence-electron chi connectivity index (χ2n) is 4.30. The Hall–Kier alpha value is -1.87. The molecular formula is C15H17NO2. The highest BCUT2D eigenvalue weighted by molar-refractivity contribution is 5.68. The number of hydrogen-bond donors (Lipinski definition) is 1. The number of aryl methyl sites for hydroxylation is 2. The first-order chi connectivity index (χ1) is 8.65. The summed E-state index contributed by atoms with van der Waals surface area (Å²) >= 11 is 0. The van der Waals surface area contributed by atoms with E-state index in [9.17, 15) is 0 Å². The van der Waals surface area contributed by atoms with Gasteiger partial charge in [-0.3, -0.25) is 4.98 Å². The molecule has 2 aromatic rings. The molecule has 0 radical (unpaired) electrons. The van der Waals surface area contributed by atoms with Crippen molar-refractivity contribution in [2.45, 2.75) is 20.5 Å². The Labute approximate surface area is 107 Å². The quantitative estimate of drug-likeness (QED) is 0.901. The fraction of sp³-hybridized carbons (Fsp3) is 0.267. The third-order valence-corrected chi connectivity index (χ3v) is 3.00. The lowest BCUT2D eigenvalue weighted by Gasteiger charge is -2.10. The Bertz CT molecular complexity index is 564. The van der Waals surface area contributed by atoms with E-state index in [-0.39, 0.29) is 6.61 Å². The van der Waals surface area contributed by atoms with Crippen molar-refractivity contribution in [3.63, 3.8) is 0 Å². The SMILES string of the molecule is COc1ccc(C)cc1-c1ccc(CO)c(C)n1. The fourth-order valence-corrected chi connectivity index (χ4v) is 1.93. The summed E-state index contributed by atoms with van der Waals surface area (Å²) in [7, 11) is 1.66. The number of hydrogen-bond acceptors (Lipinski definition) is 3. The van der Waals surface area contributed by atoms with Gasteiger partial charge >= 0.3 is 0 Å². The van der Waals surface area contributed by atoms with Gasteiger partial charge < -0.3 is 9.84 Å². The monoisotopic (exact) mass is 243 g/mol. The first-order valence-electron chi connectivity index (χ1n) is 5.88. The number of pyridine rings is 1. The molecule has 1 aromatic heterocycles. The summed E-state index contributed by atoms with van der Waals surface area (Å²) in [5.74, 6) is 0.809. The van der Waals surface area contributed by atoms with Crippen LogP contribution in [0.4, 0.5) is 0 Å². The van der Waals surface area contributed by atoms with E-state index in [2.05, 4.69) is 11.1 Å². The van der Waals surface area contributed by atoms with Crippen LogP contribution in [0.5, 0.6) is 5.75 Å². The van der Waals surface area contributed by atoms with Crippen LogP contribution in [0.1, 0.15) is 16.8 Å². The van der Waals surface area contributed by atoms with Crippen LogP contribution < -0.4 is 4.74 Å². The van der Waals surface area contributed by atoms with Gasteiger partial charge in [0, 0.05) is 11.3 Å². The van der Waals surface area contributed by atoms with Crippen molar-refractivity contribution in [3.05, 3.63) is 47.2 Å². The van der Waals surface area contributed by atoms with E-state index in [4.69, 9.17) is 9.84 Å². The van der Waals surface area contributed by atoms with Crippen LogP contribution in [0.15, 0.2) is 30.3 Å². The Morgan fingerprint density at radius 2 is 1.94 bits per heavy atom. The van der Waals surface area contributed by atoms with Gasteiger partial charge in [-0.15, -0.1) is 0 Å². The van der Waals surface area contributed by atoms with Gasteiger partial charge in [0.25, 0.3) is 0 Å². The second kappa shape index (κ2) is 5.19. The number of ether oxygens (including phenoxy) is 1. The molecule has 0 aliphatic rings. The molecule has 1 aromatic carbocycles. The van der Waals surface area contributed by atoms with Gasteiger partial charge in [0.1, 0.15) is 5.75 Å². The highest BCUT2D eigenvalue weighted by Crippen LogP contribution is 2.30. The van der Waals surface area contributed by atoms with E-state index in [1.54, 1.807) is 7.11 Å². The summed E-state index contributed by atoms with van der Waals surface area (Å²) in [6.45, 7) is 3.96. The zero-order valence-electron chi connectivity index (χ0n) is 10.9. The molecule has 0 aliphatic carbocycles. The predicted molar refractivity (Wildman–Crippen MR) is 71.6 cm³/mol. The van der Waals surface area contributed by atoms with E-state index in [0.717, 1.165) is 33.8 Å². The molecule has 0 spiro atoms. The van der Waals surface area contributed by atoms with Crippen molar-refractivity contribution in [3.8, 4) is 17.0 Å². The van der Waals surface area contributed by atoms with Gasteiger partial charge in [-0.2, -0.15) is 0 Å². The van der Waals surface area contributed by atoms with Gasteiger partial charge in [-0.25, -0.2) is 0 Å². The smallest absolute Gasteiger partial charge is 0.128 e. The molecule has 0 unspecified atom stereocenters. The summed E-state index contributed by atoms with van der Waals surface area (Å²) in [6.07, 6.45) is 0. The predicted octanol–water partition coefficient (Wildman–Crippen LogP) is 2.87. The maximum atomic E-state index is 9.16. The normalized spacial score (nSPS) is 10.4. The fourth-order valence-electron chi connectivity index (χ4n) is 1.93. The molecule has 3 nitrogen and oxygen atoms in total. The second-order valence-corrected chi connectivity index (χ2v) is 4.30. The Morgan fingerprint density at radius 1 is 1.17 bits per heavy atom. The molecular weight excluding hydrogens is 226 g/mol. The topological polar surface area (TPSA) is 42.4 Å². The van der Waals surface area contributed by atoms with E-state index < -0.39 is 0 Å². The van der Waals surface area contributed by atoms with E-state index >= 15 is 0 Å². The van der Waals surface area contributed by atoms with Gasteiger partial charge in [0.2, 0.25) is 0 Å². The Morgan fingerprint density at radius 3 is 2.56 bits per heavy atom. The third kappa shape index (κ3) is 2.36. The number of aromatic nitrogens is 1. The largest absolute Gasteiger partial charge is 0.496 e. The van der Waals surface area contributed by atoms with Crippen LogP contribution in [0, 0.1) is 13.8 Å². The number of nitrogens with zero attached hydrogens (tertiary/aromatic N) is 1. The minimum absolute atomic E-state index is 0.0179. The van der Waals surface area contributed by atoms with Gasteiger partial charge in [-0.05, 0) is 37.6 Å². The molecule has 1 heterocycles. The lowest BCUT2D eigenvalue weighted by Crippen LogP contribution is -1.96. The number of aliphatic hydroxyl groups is 1. The number of aliphatic hydroxyl groups excluding tert-OH is 1. The molecule has 0 saturated heterocycles. The molecule has 1 N–H and O–H groups in total. The molecule has 0 atom stereocenters.